The molecule has 9 heteroatoms. The number of thiophene rings is 1. The van der Waals surface area contributed by atoms with Crippen molar-refractivity contribution in [2.24, 2.45) is 4.40 Å². The molecule has 2 heterocycles. The highest BCUT2D eigenvalue weighted by atomic mass is 32.3. The van der Waals surface area contributed by atoms with E-state index in [4.69, 9.17) is 0 Å². The highest BCUT2D eigenvalue weighted by Crippen LogP contribution is 2.43. The van der Waals surface area contributed by atoms with Crippen molar-refractivity contribution >= 4 is 36.9 Å². The van der Waals surface area contributed by atoms with Gasteiger partial charge in [0.1, 0.15) is 14.1 Å². The van der Waals surface area contributed by atoms with Crippen molar-refractivity contribution in [1.82, 2.24) is 5.32 Å². The second-order valence-electron chi connectivity index (χ2n) is 5.54. The van der Waals surface area contributed by atoms with E-state index in [0.717, 1.165) is 11.3 Å². The highest BCUT2D eigenvalue weighted by molar-refractivity contribution is 7.96. The fourth-order valence-corrected chi connectivity index (χ4v) is 7.56. The molecule has 1 aliphatic rings. The second kappa shape index (κ2) is 6.96. The summed E-state index contributed by atoms with van der Waals surface area (Å²) < 4.78 is 53.7. The first-order valence-corrected chi connectivity index (χ1v) is 11.3. The molecule has 0 saturated carbocycles. The molecule has 0 spiro atoms. The normalized spacial score (nSPS) is 23.2. The van der Waals surface area contributed by atoms with Gasteiger partial charge in [-0.15, -0.1) is 17.3 Å². The Morgan fingerprint density at radius 1 is 1.50 bits per heavy atom. The van der Waals surface area contributed by atoms with Gasteiger partial charge < -0.3 is 5.32 Å². The van der Waals surface area contributed by atoms with Gasteiger partial charge in [-0.25, -0.2) is 8.42 Å². The summed E-state index contributed by atoms with van der Waals surface area (Å²) in [6.45, 7) is 7.33. The Hall–Kier alpha value is -1.21. The van der Waals surface area contributed by atoms with Gasteiger partial charge in [0.05, 0.1) is 5.25 Å². The summed E-state index contributed by atoms with van der Waals surface area (Å²) in [4.78, 5) is 0. The molecule has 0 aliphatic carbocycles. The van der Waals surface area contributed by atoms with Gasteiger partial charge >= 0.3 is 0 Å². The average Bonchev–Trinajstić information content (AvgIpc) is 2.92. The van der Waals surface area contributed by atoms with Gasteiger partial charge in [0.25, 0.3) is 10.0 Å². The van der Waals surface area contributed by atoms with Crippen molar-refractivity contribution in [1.29, 1.82) is 0 Å². The Labute approximate surface area is 147 Å². The summed E-state index contributed by atoms with van der Waals surface area (Å²) in [5.41, 5.74) is 0.691. The quantitative estimate of drug-likeness (QED) is 0.630. The molecule has 1 aromatic rings. The van der Waals surface area contributed by atoms with Crippen molar-refractivity contribution in [3.63, 3.8) is 0 Å². The van der Waals surface area contributed by atoms with E-state index < -0.39 is 25.1 Å². The van der Waals surface area contributed by atoms with Crippen LogP contribution >= 0.6 is 11.3 Å². The van der Waals surface area contributed by atoms with Crippen LogP contribution in [0.5, 0.6) is 0 Å². The van der Waals surface area contributed by atoms with Gasteiger partial charge in [0, 0.05) is 11.6 Å². The van der Waals surface area contributed by atoms with Crippen molar-refractivity contribution in [2.75, 3.05) is 6.54 Å². The number of rotatable bonds is 4. The molecule has 0 unspecified atom stereocenters. The maximum absolute atomic E-state index is 12.5. The Kier molecular flexibility index (Phi) is 5.54. The minimum atomic E-state index is -3.97. The van der Waals surface area contributed by atoms with Crippen LogP contribution in [-0.2, 0) is 19.9 Å². The summed E-state index contributed by atoms with van der Waals surface area (Å²) in [7, 11) is -7.48. The lowest BCUT2D eigenvalue weighted by Crippen LogP contribution is -2.33. The van der Waals surface area contributed by atoms with E-state index in [1.807, 2.05) is 6.92 Å². The number of nitrogens with one attached hydrogen (secondary N) is 1. The Bertz CT molecular complexity index is 931. The largest absolute Gasteiger partial charge is 0.310 e. The minimum absolute atomic E-state index is 0.0645. The Morgan fingerprint density at radius 3 is 2.75 bits per heavy atom. The molecular weight excluding hydrogens is 368 g/mol. The summed E-state index contributed by atoms with van der Waals surface area (Å²) >= 11 is 0.771. The number of fused-ring (bicyclic) bond motifs is 1. The maximum atomic E-state index is 12.5. The summed E-state index contributed by atoms with van der Waals surface area (Å²) in [5.74, 6) is 5.17. The fourth-order valence-electron chi connectivity index (χ4n) is 2.59. The van der Waals surface area contributed by atoms with Gasteiger partial charge in [0.2, 0.25) is 0 Å². The average molecular weight is 389 g/mol. The standard InChI is InChI=1S/C15H20N2O4S3/c1-5-7-10(3)17-24(20,21)14-9-12-13(16-6-2)8-11(4)23(18,19)15(12)22-14/h9,11,13,16H,6,8H2,1-4H3/t11-,13-/m0/s1. The first-order chi connectivity index (χ1) is 11.1. The third-order valence-corrected chi connectivity index (χ3v) is 9.42. The summed E-state index contributed by atoms with van der Waals surface area (Å²) in [6.07, 6.45) is 0.420. The number of hydrogen-bond acceptors (Lipinski definition) is 6. The van der Waals surface area contributed by atoms with Crippen LogP contribution < -0.4 is 5.32 Å². The van der Waals surface area contributed by atoms with E-state index in [-0.39, 0.29) is 20.2 Å². The van der Waals surface area contributed by atoms with Gasteiger partial charge in [-0.2, -0.15) is 12.8 Å². The number of sulfonamides is 1. The first kappa shape index (κ1) is 19.1. The molecule has 2 rings (SSSR count). The van der Waals surface area contributed by atoms with Crippen LogP contribution in [0.2, 0.25) is 0 Å². The monoisotopic (exact) mass is 388 g/mol. The maximum Gasteiger partial charge on any atom is 0.292 e. The minimum Gasteiger partial charge on any atom is -0.310 e. The molecule has 6 nitrogen and oxygen atoms in total. The van der Waals surface area contributed by atoms with E-state index >= 15 is 0 Å². The number of sulfone groups is 1. The molecule has 0 fully saturated rings. The van der Waals surface area contributed by atoms with E-state index in [1.54, 1.807) is 13.8 Å². The molecule has 24 heavy (non-hydrogen) atoms. The van der Waals surface area contributed by atoms with E-state index in [0.29, 0.717) is 18.5 Å². The molecule has 0 amide bonds. The van der Waals surface area contributed by atoms with Crippen molar-refractivity contribution in [3.05, 3.63) is 11.6 Å². The lowest BCUT2D eigenvalue weighted by molar-refractivity contribution is 0.477. The van der Waals surface area contributed by atoms with Gasteiger partial charge in [-0.05, 0) is 39.8 Å². The molecule has 1 aromatic heterocycles. The molecule has 0 radical (unpaired) electrons. The van der Waals surface area contributed by atoms with Gasteiger partial charge in [-0.1, -0.05) is 12.8 Å². The zero-order valence-electron chi connectivity index (χ0n) is 14.0. The molecule has 1 aliphatic heterocycles. The lowest BCUT2D eigenvalue weighted by atomic mass is 10.1. The smallest absolute Gasteiger partial charge is 0.292 e. The fraction of sp³-hybridized carbons (Fsp3) is 0.533. The third-order valence-electron chi connectivity index (χ3n) is 3.70. The SMILES string of the molecule is CC#CC(C)=NS(=O)(=O)c1cc2c(s1)S(=O)(=O)[C@@H](C)C[C@@H]2NCC. The predicted molar refractivity (Wildman–Crippen MR) is 95.7 cm³/mol. The number of hydrogen-bond donors (Lipinski definition) is 1. The van der Waals surface area contributed by atoms with E-state index in [9.17, 15) is 16.8 Å². The second-order valence-corrected chi connectivity index (χ2v) is 11.0. The van der Waals surface area contributed by atoms with Crippen molar-refractivity contribution in [2.45, 2.75) is 53.8 Å². The molecule has 0 aromatic carbocycles. The van der Waals surface area contributed by atoms with Crippen LogP contribution in [0.4, 0.5) is 0 Å². The first-order valence-electron chi connectivity index (χ1n) is 7.48. The van der Waals surface area contributed by atoms with Gasteiger partial charge in [0.15, 0.2) is 9.84 Å². The van der Waals surface area contributed by atoms with E-state index in [2.05, 4.69) is 21.6 Å². The zero-order chi connectivity index (χ0) is 18.1. The third kappa shape index (κ3) is 3.57. The van der Waals surface area contributed by atoms with E-state index in [1.165, 1.54) is 13.0 Å². The number of nitrogens with zero attached hydrogens (tertiary/aromatic N) is 1. The Balaban J connectivity index is 2.60. The van der Waals surface area contributed by atoms with Crippen LogP contribution in [0, 0.1) is 11.8 Å². The van der Waals surface area contributed by atoms with Crippen LogP contribution in [0.3, 0.4) is 0 Å². The molecule has 0 saturated heterocycles. The van der Waals surface area contributed by atoms with Crippen molar-refractivity contribution in [3.8, 4) is 11.8 Å². The Morgan fingerprint density at radius 2 is 2.17 bits per heavy atom. The summed E-state index contributed by atoms with van der Waals surface area (Å²) in [5, 5.41) is 2.67. The summed E-state index contributed by atoms with van der Waals surface area (Å²) in [6, 6.07) is 1.26. The molecule has 0 bridgehead atoms. The topological polar surface area (TPSA) is 92.7 Å². The van der Waals surface area contributed by atoms with Crippen molar-refractivity contribution < 1.29 is 16.8 Å². The van der Waals surface area contributed by atoms with Crippen LogP contribution in [0.15, 0.2) is 18.9 Å². The molecule has 132 valence electrons. The van der Waals surface area contributed by atoms with Gasteiger partial charge in [-0.3, -0.25) is 0 Å². The predicted octanol–water partition coefficient (Wildman–Crippen LogP) is 2.14. The zero-order valence-corrected chi connectivity index (χ0v) is 16.4. The molecule has 2 atom stereocenters. The lowest BCUT2D eigenvalue weighted by Gasteiger charge is -2.27. The van der Waals surface area contributed by atoms with Crippen LogP contribution in [0.1, 0.15) is 45.7 Å². The molecular formula is C15H20N2O4S3. The molecule has 1 N–H and O–H groups in total. The van der Waals surface area contributed by atoms with Crippen LogP contribution in [-0.4, -0.2) is 34.3 Å². The highest BCUT2D eigenvalue weighted by Gasteiger charge is 2.39. The van der Waals surface area contributed by atoms with Crippen LogP contribution in [0.25, 0.3) is 0 Å².